The molecule has 0 amide bonds. The Morgan fingerprint density at radius 2 is 1.90 bits per heavy atom. The SMILES string of the molecule is COc1cc2ccnc(NCC3(C)CC3)c2cc1OC. The van der Waals surface area contributed by atoms with Gasteiger partial charge >= 0.3 is 0 Å². The zero-order valence-corrected chi connectivity index (χ0v) is 12.2. The van der Waals surface area contributed by atoms with Gasteiger partial charge < -0.3 is 14.8 Å². The van der Waals surface area contributed by atoms with Crippen LogP contribution in [0, 0.1) is 5.41 Å². The number of aromatic nitrogens is 1. The van der Waals surface area contributed by atoms with Gasteiger partial charge in [-0.25, -0.2) is 4.98 Å². The molecule has 1 aliphatic rings. The van der Waals surface area contributed by atoms with Crippen LogP contribution in [0.5, 0.6) is 11.5 Å². The maximum Gasteiger partial charge on any atom is 0.161 e. The molecule has 0 bridgehead atoms. The molecule has 0 radical (unpaired) electrons. The molecule has 106 valence electrons. The third-order valence-corrected chi connectivity index (χ3v) is 4.05. The van der Waals surface area contributed by atoms with Gasteiger partial charge in [0.25, 0.3) is 0 Å². The fourth-order valence-corrected chi connectivity index (χ4v) is 2.33. The molecule has 20 heavy (non-hydrogen) atoms. The van der Waals surface area contributed by atoms with E-state index in [9.17, 15) is 0 Å². The van der Waals surface area contributed by atoms with Gasteiger partial charge in [-0.05, 0) is 41.8 Å². The van der Waals surface area contributed by atoms with Crippen molar-refractivity contribution >= 4 is 16.6 Å². The van der Waals surface area contributed by atoms with Gasteiger partial charge in [0.15, 0.2) is 11.5 Å². The predicted octanol–water partition coefficient (Wildman–Crippen LogP) is 3.46. The Morgan fingerprint density at radius 3 is 2.55 bits per heavy atom. The highest BCUT2D eigenvalue weighted by Crippen LogP contribution is 2.45. The number of methoxy groups -OCH3 is 2. The third-order valence-electron chi connectivity index (χ3n) is 4.05. The molecule has 0 atom stereocenters. The topological polar surface area (TPSA) is 43.4 Å². The molecule has 4 heteroatoms. The molecule has 0 unspecified atom stereocenters. The molecule has 3 rings (SSSR count). The largest absolute Gasteiger partial charge is 0.493 e. The fourth-order valence-electron chi connectivity index (χ4n) is 2.33. The first kappa shape index (κ1) is 13.0. The minimum Gasteiger partial charge on any atom is -0.493 e. The van der Waals surface area contributed by atoms with Crippen LogP contribution in [0.4, 0.5) is 5.82 Å². The standard InChI is InChI=1S/C16H20N2O2/c1-16(5-6-16)10-18-15-12-9-14(20-3)13(19-2)8-11(12)4-7-17-15/h4,7-9H,5-6,10H2,1-3H3,(H,17,18). The minimum absolute atomic E-state index is 0.445. The van der Waals surface area contributed by atoms with Crippen LogP contribution in [0.25, 0.3) is 10.8 Å². The van der Waals surface area contributed by atoms with Crippen molar-refractivity contribution < 1.29 is 9.47 Å². The van der Waals surface area contributed by atoms with E-state index in [1.54, 1.807) is 14.2 Å². The quantitative estimate of drug-likeness (QED) is 0.905. The first-order valence-corrected chi connectivity index (χ1v) is 6.90. The van der Waals surface area contributed by atoms with Crippen molar-refractivity contribution in [3.05, 3.63) is 24.4 Å². The van der Waals surface area contributed by atoms with Crippen molar-refractivity contribution in [1.82, 2.24) is 4.98 Å². The lowest BCUT2D eigenvalue weighted by molar-refractivity contribution is 0.356. The Bertz CT molecular complexity index is 636. The summed E-state index contributed by atoms with van der Waals surface area (Å²) >= 11 is 0. The molecule has 0 spiro atoms. The highest BCUT2D eigenvalue weighted by atomic mass is 16.5. The monoisotopic (exact) mass is 272 g/mol. The molecular weight excluding hydrogens is 252 g/mol. The van der Waals surface area contributed by atoms with E-state index in [0.29, 0.717) is 5.41 Å². The number of nitrogens with zero attached hydrogens (tertiary/aromatic N) is 1. The van der Waals surface area contributed by atoms with Crippen LogP contribution in [0.15, 0.2) is 24.4 Å². The number of ether oxygens (including phenoxy) is 2. The lowest BCUT2D eigenvalue weighted by Gasteiger charge is -2.14. The zero-order valence-electron chi connectivity index (χ0n) is 12.2. The minimum atomic E-state index is 0.445. The Hall–Kier alpha value is -1.97. The molecule has 4 nitrogen and oxygen atoms in total. The summed E-state index contributed by atoms with van der Waals surface area (Å²) in [6.07, 6.45) is 4.41. The Labute approximate surface area is 119 Å². The van der Waals surface area contributed by atoms with E-state index in [1.165, 1.54) is 12.8 Å². The molecule has 1 saturated carbocycles. The number of benzene rings is 1. The fraction of sp³-hybridized carbons (Fsp3) is 0.438. The normalized spacial score (nSPS) is 15.9. The van der Waals surface area contributed by atoms with Gasteiger partial charge in [-0.1, -0.05) is 6.92 Å². The van der Waals surface area contributed by atoms with Gasteiger partial charge in [0.2, 0.25) is 0 Å². The van der Waals surface area contributed by atoms with Crippen LogP contribution in [0.2, 0.25) is 0 Å². The molecule has 1 aromatic carbocycles. The maximum absolute atomic E-state index is 5.38. The van der Waals surface area contributed by atoms with Crippen molar-refractivity contribution in [2.24, 2.45) is 5.41 Å². The van der Waals surface area contributed by atoms with E-state index in [4.69, 9.17) is 9.47 Å². The number of pyridine rings is 1. The maximum atomic E-state index is 5.38. The van der Waals surface area contributed by atoms with Gasteiger partial charge in [0.05, 0.1) is 14.2 Å². The van der Waals surface area contributed by atoms with E-state index in [2.05, 4.69) is 17.2 Å². The van der Waals surface area contributed by atoms with Crippen LogP contribution >= 0.6 is 0 Å². The van der Waals surface area contributed by atoms with Gasteiger partial charge in [-0.15, -0.1) is 0 Å². The molecule has 0 saturated heterocycles. The lowest BCUT2D eigenvalue weighted by atomic mass is 10.1. The second-order valence-electron chi connectivity index (χ2n) is 5.75. The molecule has 1 N–H and O–H groups in total. The van der Waals surface area contributed by atoms with Crippen LogP contribution in [-0.2, 0) is 0 Å². The van der Waals surface area contributed by atoms with Gasteiger partial charge in [0, 0.05) is 18.1 Å². The van der Waals surface area contributed by atoms with Crippen molar-refractivity contribution in [2.45, 2.75) is 19.8 Å². The summed E-state index contributed by atoms with van der Waals surface area (Å²) < 4.78 is 10.7. The lowest BCUT2D eigenvalue weighted by Crippen LogP contribution is -2.12. The average molecular weight is 272 g/mol. The van der Waals surface area contributed by atoms with E-state index in [-0.39, 0.29) is 0 Å². The number of fused-ring (bicyclic) bond motifs is 1. The third kappa shape index (κ3) is 2.38. The smallest absolute Gasteiger partial charge is 0.161 e. The number of hydrogen-bond donors (Lipinski definition) is 1. The van der Waals surface area contributed by atoms with Crippen LogP contribution in [0.1, 0.15) is 19.8 Å². The van der Waals surface area contributed by atoms with Crippen molar-refractivity contribution in [2.75, 3.05) is 26.1 Å². The summed E-state index contributed by atoms with van der Waals surface area (Å²) in [5, 5.41) is 5.63. The Morgan fingerprint density at radius 1 is 1.20 bits per heavy atom. The molecular formula is C16H20N2O2. The summed E-state index contributed by atoms with van der Waals surface area (Å²) in [6, 6.07) is 5.96. The number of anilines is 1. The van der Waals surface area contributed by atoms with Gasteiger partial charge in [0.1, 0.15) is 5.82 Å². The van der Waals surface area contributed by atoms with E-state index >= 15 is 0 Å². The van der Waals surface area contributed by atoms with Gasteiger partial charge in [-0.2, -0.15) is 0 Å². The highest BCUT2D eigenvalue weighted by molar-refractivity contribution is 5.94. The van der Waals surface area contributed by atoms with Crippen molar-refractivity contribution in [1.29, 1.82) is 0 Å². The summed E-state index contributed by atoms with van der Waals surface area (Å²) in [7, 11) is 3.30. The van der Waals surface area contributed by atoms with Crippen LogP contribution in [0.3, 0.4) is 0 Å². The molecule has 0 aliphatic heterocycles. The van der Waals surface area contributed by atoms with E-state index in [1.807, 2.05) is 24.4 Å². The second-order valence-corrected chi connectivity index (χ2v) is 5.75. The average Bonchev–Trinajstić information content (AvgIpc) is 3.21. The van der Waals surface area contributed by atoms with Crippen molar-refractivity contribution in [3.8, 4) is 11.5 Å². The summed E-state index contributed by atoms with van der Waals surface area (Å²) in [5.74, 6) is 2.39. The molecule has 2 aromatic rings. The predicted molar refractivity (Wildman–Crippen MR) is 80.7 cm³/mol. The van der Waals surface area contributed by atoms with E-state index in [0.717, 1.165) is 34.6 Å². The Kier molecular flexibility index (Phi) is 3.16. The number of nitrogens with one attached hydrogen (secondary N) is 1. The zero-order chi connectivity index (χ0) is 14.2. The first-order valence-electron chi connectivity index (χ1n) is 6.90. The number of hydrogen-bond acceptors (Lipinski definition) is 4. The molecule has 1 heterocycles. The molecule has 1 fully saturated rings. The van der Waals surface area contributed by atoms with Gasteiger partial charge in [-0.3, -0.25) is 0 Å². The highest BCUT2D eigenvalue weighted by Gasteiger charge is 2.36. The number of rotatable bonds is 5. The van der Waals surface area contributed by atoms with E-state index < -0.39 is 0 Å². The second kappa shape index (κ2) is 4.85. The molecule has 1 aliphatic carbocycles. The van der Waals surface area contributed by atoms with Crippen LogP contribution < -0.4 is 14.8 Å². The van der Waals surface area contributed by atoms with Crippen molar-refractivity contribution in [3.63, 3.8) is 0 Å². The summed E-state index contributed by atoms with van der Waals surface area (Å²) in [4.78, 5) is 4.46. The van der Waals surface area contributed by atoms with Crippen LogP contribution in [-0.4, -0.2) is 25.7 Å². The summed E-state index contributed by atoms with van der Waals surface area (Å²) in [6.45, 7) is 3.27. The summed E-state index contributed by atoms with van der Waals surface area (Å²) in [5.41, 5.74) is 0.445. The first-order chi connectivity index (χ1) is 9.65. The Balaban J connectivity index is 1.99. The molecule has 1 aromatic heterocycles.